The van der Waals surface area contributed by atoms with Gasteiger partial charge >= 0.3 is 0 Å². The summed E-state index contributed by atoms with van der Waals surface area (Å²) in [5, 5.41) is 6.61. The molecule has 1 saturated heterocycles. The van der Waals surface area contributed by atoms with Crippen molar-refractivity contribution in [2.75, 3.05) is 60.4 Å². The van der Waals surface area contributed by atoms with Gasteiger partial charge in [-0.25, -0.2) is 4.98 Å². The fraction of sp³-hybridized carbons (Fsp3) is 0.526. The van der Waals surface area contributed by atoms with Crippen molar-refractivity contribution in [1.82, 2.24) is 20.2 Å². The van der Waals surface area contributed by atoms with Gasteiger partial charge in [-0.3, -0.25) is 14.5 Å². The number of aromatic nitrogens is 2. The number of para-hydroxylation sites is 1. The number of carbonyl (C=O) groups excluding carboxylic acids is 2. The summed E-state index contributed by atoms with van der Waals surface area (Å²) < 4.78 is 5.73. The molecule has 1 atom stereocenters. The first-order chi connectivity index (χ1) is 23.9. The number of nitrogens with zero attached hydrogens (tertiary/aromatic N) is 6. The van der Waals surface area contributed by atoms with Gasteiger partial charge in [-0.05, 0) is 75.3 Å². The highest BCUT2D eigenvalue weighted by atomic mass is 16.5. The summed E-state index contributed by atoms with van der Waals surface area (Å²) in [5.74, 6) is 1.76. The van der Waals surface area contributed by atoms with E-state index in [0.29, 0.717) is 35.0 Å². The van der Waals surface area contributed by atoms with E-state index >= 15 is 0 Å². The second-order valence-corrected chi connectivity index (χ2v) is 13.9. The zero-order chi connectivity index (χ0) is 33.9. The predicted octanol–water partition coefficient (Wildman–Crippen LogP) is 5.60. The van der Waals surface area contributed by atoms with Gasteiger partial charge < -0.3 is 30.1 Å². The molecule has 0 unspecified atom stereocenters. The van der Waals surface area contributed by atoms with Crippen molar-refractivity contribution in [3.05, 3.63) is 60.3 Å². The van der Waals surface area contributed by atoms with Gasteiger partial charge in [-0.15, -0.1) is 0 Å². The van der Waals surface area contributed by atoms with E-state index < -0.39 is 0 Å². The summed E-state index contributed by atoms with van der Waals surface area (Å²) >= 11 is 0. The first-order valence-corrected chi connectivity index (χ1v) is 18.2. The zero-order valence-electron chi connectivity index (χ0n) is 29.1. The minimum atomic E-state index is -0.235. The van der Waals surface area contributed by atoms with Crippen molar-refractivity contribution < 1.29 is 14.3 Å². The number of likely N-dealkylation sites (N-methyl/N-ethyl adjacent to an activating group) is 1. The Morgan fingerprint density at radius 2 is 1.67 bits per heavy atom. The van der Waals surface area contributed by atoms with E-state index in [0.717, 1.165) is 82.6 Å². The number of ether oxygens (including phenoxy) is 1. The number of rotatable bonds is 9. The zero-order valence-corrected chi connectivity index (χ0v) is 29.1. The number of amides is 2. The summed E-state index contributed by atoms with van der Waals surface area (Å²) in [6.45, 7) is 6.35. The van der Waals surface area contributed by atoms with Gasteiger partial charge in [-0.1, -0.05) is 38.0 Å². The Balaban J connectivity index is 0.966. The van der Waals surface area contributed by atoms with Crippen molar-refractivity contribution in [1.29, 1.82) is 0 Å². The lowest BCUT2D eigenvalue weighted by Crippen LogP contribution is -2.55. The maximum absolute atomic E-state index is 13.4. The minimum Gasteiger partial charge on any atom is -0.495 e. The molecule has 2 aliphatic carbocycles. The van der Waals surface area contributed by atoms with E-state index in [1.807, 2.05) is 12.1 Å². The molecule has 2 N–H and O–H groups in total. The number of carbonyl (C=O) groups is 2. The molecule has 4 aliphatic rings. The third-order valence-electron chi connectivity index (χ3n) is 11.1. The van der Waals surface area contributed by atoms with Gasteiger partial charge in [-0.2, -0.15) is 4.98 Å². The van der Waals surface area contributed by atoms with Gasteiger partial charge in [0.05, 0.1) is 19.0 Å². The van der Waals surface area contributed by atoms with E-state index in [2.05, 4.69) is 67.6 Å². The van der Waals surface area contributed by atoms with Crippen LogP contribution in [-0.2, 0) is 4.79 Å². The number of piperazine rings is 1. The molecule has 7 rings (SSSR count). The molecule has 11 heteroatoms. The van der Waals surface area contributed by atoms with Crippen molar-refractivity contribution in [2.24, 2.45) is 0 Å². The largest absolute Gasteiger partial charge is 0.495 e. The molecule has 260 valence electrons. The number of hydrogen-bond donors (Lipinski definition) is 2. The molecule has 2 aromatic carbocycles. The summed E-state index contributed by atoms with van der Waals surface area (Å²) in [7, 11) is 3.41. The maximum atomic E-state index is 13.4. The van der Waals surface area contributed by atoms with Gasteiger partial charge in [0.25, 0.3) is 5.91 Å². The van der Waals surface area contributed by atoms with Gasteiger partial charge in [0, 0.05) is 62.6 Å². The SMILES string of the molecule is CC[C@@H]1C(=O)N(C)c2cnc(Nc3ccc(C(=O)NC4CCC(N5CCN(c6ccccc6)CC5)CC4)cc3OC)nc2N1C1CCCC1. The lowest BCUT2D eigenvalue weighted by atomic mass is 9.89. The summed E-state index contributed by atoms with van der Waals surface area (Å²) in [4.78, 5) is 45.2. The van der Waals surface area contributed by atoms with Crippen LogP contribution in [0.2, 0.25) is 0 Å². The molecule has 0 radical (unpaired) electrons. The van der Waals surface area contributed by atoms with Crippen LogP contribution in [0.25, 0.3) is 0 Å². The number of fused-ring (bicyclic) bond motifs is 1. The second kappa shape index (κ2) is 14.6. The number of methoxy groups -OCH3 is 1. The second-order valence-electron chi connectivity index (χ2n) is 13.9. The molecule has 2 amide bonds. The Morgan fingerprint density at radius 3 is 2.37 bits per heavy atom. The van der Waals surface area contributed by atoms with E-state index in [1.54, 1.807) is 31.3 Å². The number of benzene rings is 2. The molecule has 3 fully saturated rings. The van der Waals surface area contributed by atoms with Crippen LogP contribution in [0.5, 0.6) is 5.75 Å². The highest BCUT2D eigenvalue weighted by molar-refractivity contribution is 6.04. The van der Waals surface area contributed by atoms with Crippen LogP contribution in [0, 0.1) is 0 Å². The first kappa shape index (κ1) is 33.1. The monoisotopic (exact) mass is 666 g/mol. The van der Waals surface area contributed by atoms with Crippen molar-refractivity contribution in [3.8, 4) is 5.75 Å². The van der Waals surface area contributed by atoms with Crippen LogP contribution in [-0.4, -0.2) is 91.2 Å². The van der Waals surface area contributed by atoms with Gasteiger partial charge in [0.2, 0.25) is 11.9 Å². The maximum Gasteiger partial charge on any atom is 0.251 e. The fourth-order valence-electron chi connectivity index (χ4n) is 8.34. The Bertz CT molecular complexity index is 1610. The molecule has 2 aliphatic heterocycles. The van der Waals surface area contributed by atoms with Crippen LogP contribution >= 0.6 is 0 Å². The molecule has 1 aromatic heterocycles. The van der Waals surface area contributed by atoms with E-state index in [4.69, 9.17) is 9.72 Å². The lowest BCUT2D eigenvalue weighted by molar-refractivity contribution is -0.120. The number of nitrogens with one attached hydrogen (secondary N) is 2. The normalized spacial score (nSPS) is 23.4. The number of anilines is 5. The Hall–Kier alpha value is -4.38. The average Bonchev–Trinajstić information content (AvgIpc) is 3.68. The Kier molecular flexibility index (Phi) is 9.89. The Morgan fingerprint density at radius 1 is 0.939 bits per heavy atom. The predicted molar refractivity (Wildman–Crippen MR) is 194 cm³/mol. The van der Waals surface area contributed by atoms with Crippen molar-refractivity contribution in [2.45, 2.75) is 88.9 Å². The quantitative estimate of drug-likeness (QED) is 0.302. The molecule has 0 bridgehead atoms. The van der Waals surface area contributed by atoms with Crippen LogP contribution in [0.15, 0.2) is 54.7 Å². The van der Waals surface area contributed by atoms with Crippen molar-refractivity contribution in [3.63, 3.8) is 0 Å². The molecule has 2 saturated carbocycles. The summed E-state index contributed by atoms with van der Waals surface area (Å²) in [6.07, 6.45) is 11.1. The highest BCUT2D eigenvalue weighted by Gasteiger charge is 2.41. The Labute approximate surface area is 290 Å². The van der Waals surface area contributed by atoms with Crippen molar-refractivity contribution >= 4 is 40.6 Å². The van der Waals surface area contributed by atoms with Crippen LogP contribution < -0.4 is 30.1 Å². The molecule has 49 heavy (non-hydrogen) atoms. The third-order valence-corrected chi connectivity index (χ3v) is 11.1. The fourth-order valence-corrected chi connectivity index (χ4v) is 8.34. The van der Waals surface area contributed by atoms with Crippen LogP contribution in [0.3, 0.4) is 0 Å². The molecule has 3 aromatic rings. The van der Waals surface area contributed by atoms with Crippen LogP contribution in [0.4, 0.5) is 28.8 Å². The molecular weight excluding hydrogens is 616 g/mol. The summed E-state index contributed by atoms with van der Waals surface area (Å²) in [6, 6.07) is 16.9. The molecular formula is C38H50N8O3. The molecule has 11 nitrogen and oxygen atoms in total. The van der Waals surface area contributed by atoms with Gasteiger partial charge in [0.15, 0.2) is 5.82 Å². The minimum absolute atomic E-state index is 0.0830. The molecule has 3 heterocycles. The van der Waals surface area contributed by atoms with Crippen LogP contribution in [0.1, 0.15) is 75.1 Å². The topological polar surface area (TPSA) is 106 Å². The van der Waals surface area contributed by atoms with E-state index in [9.17, 15) is 9.59 Å². The smallest absolute Gasteiger partial charge is 0.251 e. The first-order valence-electron chi connectivity index (χ1n) is 18.2. The number of hydrogen-bond acceptors (Lipinski definition) is 9. The highest BCUT2D eigenvalue weighted by Crippen LogP contribution is 2.40. The van der Waals surface area contributed by atoms with E-state index in [-0.39, 0.29) is 23.9 Å². The standard InChI is InChI=1S/C38H50N8O3/c1-4-32-37(48)43(2)33-25-39-38(42-35(33)46(32)30-12-8-9-13-30)41-31-19-14-26(24-34(31)49-3)36(47)40-27-15-17-29(18-16-27)45-22-20-44(21-23-45)28-10-6-5-7-11-28/h5-7,10-11,14,19,24-25,27,29-30,32H,4,8-9,12-13,15-18,20-23H2,1-3H3,(H,40,47)(H,39,41,42)/t27?,29?,32-/m1/s1. The lowest BCUT2D eigenvalue weighted by Gasteiger charge is -2.43. The third kappa shape index (κ3) is 6.90. The summed E-state index contributed by atoms with van der Waals surface area (Å²) in [5.41, 5.74) is 3.27. The van der Waals surface area contributed by atoms with Gasteiger partial charge in [0.1, 0.15) is 17.5 Å². The van der Waals surface area contributed by atoms with E-state index in [1.165, 1.54) is 18.5 Å². The average molecular weight is 667 g/mol. The molecule has 0 spiro atoms.